The van der Waals surface area contributed by atoms with E-state index in [-0.39, 0.29) is 17.4 Å². The van der Waals surface area contributed by atoms with Gasteiger partial charge < -0.3 is 15.0 Å². The number of nitrogens with zero attached hydrogens (tertiary/aromatic N) is 2. The number of methoxy groups -OCH3 is 1. The van der Waals surface area contributed by atoms with Crippen molar-refractivity contribution in [2.75, 3.05) is 30.4 Å². The zero-order valence-electron chi connectivity index (χ0n) is 20.8. The molecule has 33 heavy (non-hydrogen) atoms. The highest BCUT2D eigenvalue weighted by Gasteiger charge is 2.29. The number of carbonyl (C=O) groups excluding carboxylic acids is 2. The van der Waals surface area contributed by atoms with Gasteiger partial charge in [0.2, 0.25) is 5.91 Å². The van der Waals surface area contributed by atoms with Crippen LogP contribution in [0.1, 0.15) is 64.5 Å². The Labute approximate surface area is 197 Å². The van der Waals surface area contributed by atoms with Crippen molar-refractivity contribution in [2.45, 2.75) is 59.9 Å². The van der Waals surface area contributed by atoms with Crippen molar-refractivity contribution in [1.82, 2.24) is 4.90 Å². The molecular formula is C27H37N3O3. The monoisotopic (exact) mass is 451 g/mol. The maximum Gasteiger partial charge on any atom is 0.324 e. The Morgan fingerprint density at radius 3 is 2.39 bits per heavy atom. The molecule has 0 atom stereocenters. The Morgan fingerprint density at radius 2 is 1.79 bits per heavy atom. The molecule has 178 valence electrons. The van der Waals surface area contributed by atoms with E-state index < -0.39 is 0 Å². The first-order chi connectivity index (χ1) is 15.6. The maximum absolute atomic E-state index is 13.4. The fourth-order valence-electron chi connectivity index (χ4n) is 4.05. The molecule has 1 heterocycles. The van der Waals surface area contributed by atoms with Gasteiger partial charge in [0.05, 0.1) is 12.8 Å². The predicted molar refractivity (Wildman–Crippen MR) is 134 cm³/mol. The Bertz CT molecular complexity index is 977. The summed E-state index contributed by atoms with van der Waals surface area (Å²) in [5.41, 5.74) is 3.64. The van der Waals surface area contributed by atoms with Gasteiger partial charge in [-0.2, -0.15) is 0 Å². The summed E-state index contributed by atoms with van der Waals surface area (Å²) in [5, 5.41) is 2.96. The van der Waals surface area contributed by atoms with Crippen molar-refractivity contribution < 1.29 is 14.3 Å². The van der Waals surface area contributed by atoms with Crippen molar-refractivity contribution in [3.05, 3.63) is 53.6 Å². The van der Waals surface area contributed by atoms with Gasteiger partial charge >= 0.3 is 6.03 Å². The molecule has 0 spiro atoms. The molecule has 0 aliphatic carbocycles. The zero-order valence-corrected chi connectivity index (χ0v) is 20.8. The quantitative estimate of drug-likeness (QED) is 0.559. The molecule has 1 N–H and O–H groups in total. The molecule has 2 aromatic rings. The minimum atomic E-state index is -0.101. The summed E-state index contributed by atoms with van der Waals surface area (Å²) in [6.07, 6.45) is 1.28. The summed E-state index contributed by atoms with van der Waals surface area (Å²) in [6.45, 7) is 12.3. The fraction of sp³-hybridized carbons (Fsp3) is 0.481. The zero-order chi connectivity index (χ0) is 24.2. The Morgan fingerprint density at radius 1 is 1.09 bits per heavy atom. The topological polar surface area (TPSA) is 61.9 Å². The molecule has 0 radical (unpaired) electrons. The molecule has 1 aliphatic heterocycles. The molecular weight excluding hydrogens is 414 g/mol. The van der Waals surface area contributed by atoms with Crippen LogP contribution in [0, 0.1) is 5.41 Å². The molecule has 0 bridgehead atoms. The number of ether oxygens (including phenoxy) is 1. The smallest absolute Gasteiger partial charge is 0.324 e. The standard InChI is InChI=1S/C27H37N3O3/c1-19(2)21-10-8-20(9-11-21)18-29-14-7-15-30(26(29)32)23-16-22(12-13-24(23)33-6)28-25(31)17-27(3,4)5/h8-13,16,19H,7,14-15,17-18H2,1-6H3,(H,28,31). The van der Waals surface area contributed by atoms with Gasteiger partial charge in [0.1, 0.15) is 5.75 Å². The van der Waals surface area contributed by atoms with E-state index in [1.165, 1.54) is 5.56 Å². The van der Waals surface area contributed by atoms with E-state index in [0.717, 1.165) is 12.0 Å². The molecule has 6 nitrogen and oxygen atoms in total. The van der Waals surface area contributed by atoms with Crippen LogP contribution >= 0.6 is 0 Å². The third kappa shape index (κ3) is 6.50. The second kappa shape index (κ2) is 10.3. The van der Waals surface area contributed by atoms with Crippen LogP contribution in [-0.4, -0.2) is 37.0 Å². The van der Waals surface area contributed by atoms with Gasteiger partial charge in [-0.3, -0.25) is 9.69 Å². The third-order valence-electron chi connectivity index (χ3n) is 5.78. The number of hydrogen-bond donors (Lipinski definition) is 1. The summed E-state index contributed by atoms with van der Waals surface area (Å²) >= 11 is 0. The van der Waals surface area contributed by atoms with Crippen LogP contribution in [0.4, 0.5) is 16.2 Å². The van der Waals surface area contributed by atoms with Gasteiger partial charge in [-0.15, -0.1) is 0 Å². The first-order valence-electron chi connectivity index (χ1n) is 11.7. The molecule has 6 heteroatoms. The lowest BCUT2D eigenvalue weighted by molar-refractivity contribution is -0.117. The van der Waals surface area contributed by atoms with Gasteiger partial charge in [-0.25, -0.2) is 4.79 Å². The highest BCUT2D eigenvalue weighted by molar-refractivity contribution is 5.97. The number of benzene rings is 2. The van der Waals surface area contributed by atoms with E-state index in [9.17, 15) is 9.59 Å². The largest absolute Gasteiger partial charge is 0.495 e. The van der Waals surface area contributed by atoms with Gasteiger partial charge in [0, 0.05) is 31.7 Å². The van der Waals surface area contributed by atoms with E-state index >= 15 is 0 Å². The van der Waals surface area contributed by atoms with Crippen LogP contribution in [0.5, 0.6) is 5.75 Å². The molecule has 0 aromatic heterocycles. The Hall–Kier alpha value is -3.02. The Kier molecular flexibility index (Phi) is 7.67. The first-order valence-corrected chi connectivity index (χ1v) is 11.7. The van der Waals surface area contributed by atoms with Crippen LogP contribution in [0.3, 0.4) is 0 Å². The number of nitrogens with one attached hydrogen (secondary N) is 1. The fourth-order valence-corrected chi connectivity index (χ4v) is 4.05. The first kappa shape index (κ1) is 24.6. The molecule has 3 rings (SSSR count). The van der Waals surface area contributed by atoms with E-state index in [4.69, 9.17) is 4.74 Å². The SMILES string of the molecule is COc1ccc(NC(=O)CC(C)(C)C)cc1N1CCCN(Cc2ccc(C(C)C)cc2)C1=O. The molecule has 1 fully saturated rings. The number of anilines is 2. The molecule has 1 aliphatic rings. The predicted octanol–water partition coefficient (Wildman–Crippen LogP) is 6.03. The number of hydrogen-bond acceptors (Lipinski definition) is 3. The third-order valence-corrected chi connectivity index (χ3v) is 5.78. The Balaban J connectivity index is 1.78. The van der Waals surface area contributed by atoms with E-state index in [2.05, 4.69) is 43.4 Å². The van der Waals surface area contributed by atoms with Gasteiger partial charge in [-0.05, 0) is 47.1 Å². The molecule has 0 unspecified atom stereocenters. The second-order valence-corrected chi connectivity index (χ2v) is 10.3. The van der Waals surface area contributed by atoms with E-state index in [0.29, 0.717) is 49.1 Å². The van der Waals surface area contributed by atoms with Crippen molar-refractivity contribution in [1.29, 1.82) is 0 Å². The second-order valence-electron chi connectivity index (χ2n) is 10.3. The molecule has 0 saturated carbocycles. The van der Waals surface area contributed by atoms with Crippen molar-refractivity contribution in [3.8, 4) is 5.75 Å². The average Bonchev–Trinajstić information content (AvgIpc) is 2.74. The molecule has 2 aromatic carbocycles. The lowest BCUT2D eigenvalue weighted by atomic mass is 9.92. The minimum Gasteiger partial charge on any atom is -0.495 e. The van der Waals surface area contributed by atoms with Crippen molar-refractivity contribution in [2.24, 2.45) is 5.41 Å². The molecule has 3 amide bonds. The molecule has 1 saturated heterocycles. The lowest BCUT2D eigenvalue weighted by Gasteiger charge is -2.36. The van der Waals surface area contributed by atoms with Crippen molar-refractivity contribution >= 4 is 23.3 Å². The van der Waals surface area contributed by atoms with Crippen LogP contribution in [0.25, 0.3) is 0 Å². The lowest BCUT2D eigenvalue weighted by Crippen LogP contribution is -2.49. The summed E-state index contributed by atoms with van der Waals surface area (Å²) in [7, 11) is 1.60. The number of amides is 3. The summed E-state index contributed by atoms with van der Waals surface area (Å²) in [6, 6.07) is 13.9. The number of rotatable bonds is 7. The van der Waals surface area contributed by atoms with Crippen LogP contribution in [0.15, 0.2) is 42.5 Å². The highest BCUT2D eigenvalue weighted by atomic mass is 16.5. The van der Waals surface area contributed by atoms with Crippen LogP contribution in [0.2, 0.25) is 0 Å². The number of urea groups is 1. The van der Waals surface area contributed by atoms with Crippen molar-refractivity contribution in [3.63, 3.8) is 0 Å². The normalized spacial score (nSPS) is 14.6. The van der Waals surface area contributed by atoms with E-state index in [1.807, 2.05) is 37.8 Å². The number of carbonyl (C=O) groups is 2. The summed E-state index contributed by atoms with van der Waals surface area (Å²) in [4.78, 5) is 29.5. The van der Waals surface area contributed by atoms with Crippen LogP contribution < -0.4 is 15.0 Å². The van der Waals surface area contributed by atoms with Gasteiger partial charge in [0.25, 0.3) is 0 Å². The van der Waals surface area contributed by atoms with Gasteiger partial charge in [0.15, 0.2) is 0 Å². The minimum absolute atomic E-state index is 0.0462. The maximum atomic E-state index is 13.4. The summed E-state index contributed by atoms with van der Waals surface area (Å²) in [5.74, 6) is 1.05. The van der Waals surface area contributed by atoms with E-state index in [1.54, 1.807) is 18.1 Å². The highest BCUT2D eigenvalue weighted by Crippen LogP contribution is 2.34. The summed E-state index contributed by atoms with van der Waals surface area (Å²) < 4.78 is 5.55. The van der Waals surface area contributed by atoms with Crippen LogP contribution in [-0.2, 0) is 11.3 Å². The van der Waals surface area contributed by atoms with Gasteiger partial charge in [-0.1, -0.05) is 58.9 Å². The average molecular weight is 452 g/mol.